The summed E-state index contributed by atoms with van der Waals surface area (Å²) in [4.78, 5) is 19.8. The maximum Gasteiger partial charge on any atom is 0.247 e. The first-order valence-electron chi connectivity index (χ1n) is 8.70. The van der Waals surface area contributed by atoms with Gasteiger partial charge < -0.3 is 10.3 Å². The molecule has 4 nitrogen and oxygen atoms in total. The molecular weight excluding hydrogens is 310 g/mol. The molecule has 1 amide bonds. The van der Waals surface area contributed by atoms with E-state index in [2.05, 4.69) is 58.6 Å². The molecule has 4 heteroatoms. The summed E-state index contributed by atoms with van der Waals surface area (Å²) in [6, 6.07) is 8.66. The molecule has 2 aromatic rings. The van der Waals surface area contributed by atoms with Crippen LogP contribution in [0.5, 0.6) is 0 Å². The fraction of sp³-hybridized carbons (Fsp3) is 0.238. The number of aromatic amines is 1. The minimum absolute atomic E-state index is 0.0616. The monoisotopic (exact) mass is 331 g/mol. The van der Waals surface area contributed by atoms with Crippen LogP contribution in [0.4, 0.5) is 0 Å². The SMILES string of the molecule is CC1=C(c2ccc(-c3ncc[nH]3)cc2)C=C(C(=O)NC2CC2)CC=C1. The number of aromatic nitrogens is 2. The van der Waals surface area contributed by atoms with Crippen LogP contribution in [0.15, 0.2) is 66.0 Å². The van der Waals surface area contributed by atoms with Gasteiger partial charge in [-0.3, -0.25) is 4.79 Å². The smallest absolute Gasteiger partial charge is 0.247 e. The summed E-state index contributed by atoms with van der Waals surface area (Å²) in [6.07, 6.45) is 12.6. The third kappa shape index (κ3) is 3.48. The van der Waals surface area contributed by atoms with E-state index in [1.54, 1.807) is 6.20 Å². The number of nitrogens with zero attached hydrogens (tertiary/aromatic N) is 1. The molecule has 1 saturated carbocycles. The van der Waals surface area contributed by atoms with Gasteiger partial charge in [-0.2, -0.15) is 0 Å². The van der Waals surface area contributed by atoms with Crippen molar-refractivity contribution in [1.29, 1.82) is 0 Å². The normalized spacial score (nSPS) is 17.2. The summed E-state index contributed by atoms with van der Waals surface area (Å²) >= 11 is 0. The minimum Gasteiger partial charge on any atom is -0.350 e. The number of allylic oxidation sites excluding steroid dienone is 5. The van der Waals surface area contributed by atoms with Crippen molar-refractivity contribution in [2.75, 3.05) is 0 Å². The van der Waals surface area contributed by atoms with Crippen molar-refractivity contribution >= 4 is 11.5 Å². The zero-order valence-electron chi connectivity index (χ0n) is 14.3. The highest BCUT2D eigenvalue weighted by Gasteiger charge is 2.25. The van der Waals surface area contributed by atoms with E-state index in [9.17, 15) is 4.79 Å². The van der Waals surface area contributed by atoms with Crippen LogP contribution < -0.4 is 5.32 Å². The van der Waals surface area contributed by atoms with Gasteiger partial charge in [0.05, 0.1) is 0 Å². The second-order valence-corrected chi connectivity index (χ2v) is 6.64. The third-order valence-electron chi connectivity index (χ3n) is 4.62. The molecule has 0 atom stereocenters. The fourth-order valence-corrected chi connectivity index (χ4v) is 3.01. The number of carbonyl (C=O) groups excluding carboxylic acids is 1. The Labute approximate surface area is 147 Å². The number of H-pyrrole nitrogens is 1. The van der Waals surface area contributed by atoms with E-state index < -0.39 is 0 Å². The lowest BCUT2D eigenvalue weighted by Crippen LogP contribution is -2.26. The van der Waals surface area contributed by atoms with E-state index in [1.165, 1.54) is 5.57 Å². The summed E-state index contributed by atoms with van der Waals surface area (Å²) in [7, 11) is 0. The van der Waals surface area contributed by atoms with Gasteiger partial charge in [-0.25, -0.2) is 4.98 Å². The number of benzene rings is 1. The van der Waals surface area contributed by atoms with Crippen molar-refractivity contribution in [2.45, 2.75) is 32.2 Å². The largest absolute Gasteiger partial charge is 0.350 e. The zero-order valence-corrected chi connectivity index (χ0v) is 14.3. The maximum atomic E-state index is 12.4. The van der Waals surface area contributed by atoms with Gasteiger partial charge in [0, 0.05) is 29.6 Å². The first-order valence-corrected chi connectivity index (χ1v) is 8.70. The Hall–Kier alpha value is -2.88. The lowest BCUT2D eigenvalue weighted by molar-refractivity contribution is -0.117. The fourth-order valence-electron chi connectivity index (χ4n) is 3.01. The van der Waals surface area contributed by atoms with Crippen molar-refractivity contribution in [3.05, 3.63) is 71.6 Å². The standard InChI is InChI=1S/C21H21N3O/c1-14-3-2-4-17(21(25)24-18-9-10-18)13-19(14)15-5-7-16(8-6-15)20-22-11-12-23-20/h2-3,5-8,11-13,18H,4,9-10H2,1H3,(H,22,23)(H,24,25). The molecule has 2 aliphatic rings. The molecule has 1 fully saturated rings. The summed E-state index contributed by atoms with van der Waals surface area (Å²) in [5.74, 6) is 0.921. The Morgan fingerprint density at radius 2 is 1.96 bits per heavy atom. The average Bonchev–Trinajstić information content (AvgIpc) is 3.31. The number of imidazole rings is 1. The van der Waals surface area contributed by atoms with Gasteiger partial charge in [0.1, 0.15) is 5.82 Å². The van der Waals surface area contributed by atoms with Crippen LogP contribution in [0.25, 0.3) is 17.0 Å². The molecule has 2 aliphatic carbocycles. The molecule has 25 heavy (non-hydrogen) atoms. The van der Waals surface area contributed by atoms with E-state index in [0.717, 1.165) is 40.9 Å². The highest BCUT2D eigenvalue weighted by Crippen LogP contribution is 2.28. The highest BCUT2D eigenvalue weighted by atomic mass is 16.1. The van der Waals surface area contributed by atoms with Crippen molar-refractivity contribution in [3.8, 4) is 11.4 Å². The highest BCUT2D eigenvalue weighted by molar-refractivity contribution is 5.98. The molecule has 4 rings (SSSR count). The van der Waals surface area contributed by atoms with Crippen LogP contribution in [0, 0.1) is 0 Å². The second kappa shape index (κ2) is 6.55. The van der Waals surface area contributed by atoms with E-state index >= 15 is 0 Å². The van der Waals surface area contributed by atoms with Crippen LogP contribution in [0.1, 0.15) is 31.7 Å². The van der Waals surface area contributed by atoms with Crippen LogP contribution in [-0.2, 0) is 4.79 Å². The molecule has 0 aliphatic heterocycles. The van der Waals surface area contributed by atoms with Gasteiger partial charge in [-0.05, 0) is 49.0 Å². The Morgan fingerprint density at radius 1 is 1.20 bits per heavy atom. The molecular formula is C21H21N3O. The Balaban J connectivity index is 1.64. The van der Waals surface area contributed by atoms with E-state index in [0.29, 0.717) is 12.5 Å². The van der Waals surface area contributed by atoms with Crippen molar-refractivity contribution in [3.63, 3.8) is 0 Å². The summed E-state index contributed by atoms with van der Waals surface area (Å²) in [5, 5.41) is 3.09. The molecule has 2 N–H and O–H groups in total. The first-order chi connectivity index (χ1) is 12.2. The minimum atomic E-state index is 0.0616. The van der Waals surface area contributed by atoms with E-state index in [4.69, 9.17) is 0 Å². The van der Waals surface area contributed by atoms with Crippen molar-refractivity contribution < 1.29 is 4.79 Å². The number of carbonyl (C=O) groups is 1. The molecule has 0 radical (unpaired) electrons. The lowest BCUT2D eigenvalue weighted by Gasteiger charge is -2.09. The molecule has 1 aromatic heterocycles. The van der Waals surface area contributed by atoms with Gasteiger partial charge in [0.2, 0.25) is 5.91 Å². The topological polar surface area (TPSA) is 57.8 Å². The maximum absolute atomic E-state index is 12.4. The van der Waals surface area contributed by atoms with Crippen LogP contribution in [-0.4, -0.2) is 21.9 Å². The van der Waals surface area contributed by atoms with E-state index in [1.807, 2.05) is 12.3 Å². The van der Waals surface area contributed by atoms with Crippen LogP contribution in [0.3, 0.4) is 0 Å². The van der Waals surface area contributed by atoms with E-state index in [-0.39, 0.29) is 5.91 Å². The third-order valence-corrected chi connectivity index (χ3v) is 4.62. The summed E-state index contributed by atoms with van der Waals surface area (Å²) < 4.78 is 0. The van der Waals surface area contributed by atoms with Gasteiger partial charge in [0.15, 0.2) is 0 Å². The van der Waals surface area contributed by atoms with Gasteiger partial charge in [-0.1, -0.05) is 36.4 Å². The number of rotatable bonds is 4. The Kier molecular flexibility index (Phi) is 4.10. The van der Waals surface area contributed by atoms with Crippen LogP contribution >= 0.6 is 0 Å². The average molecular weight is 331 g/mol. The van der Waals surface area contributed by atoms with Gasteiger partial charge in [-0.15, -0.1) is 0 Å². The number of amides is 1. The predicted molar refractivity (Wildman–Crippen MR) is 99.6 cm³/mol. The molecule has 126 valence electrons. The molecule has 0 bridgehead atoms. The molecule has 1 aromatic carbocycles. The van der Waals surface area contributed by atoms with Crippen molar-refractivity contribution in [2.24, 2.45) is 0 Å². The van der Waals surface area contributed by atoms with Crippen molar-refractivity contribution in [1.82, 2.24) is 15.3 Å². The molecule has 1 heterocycles. The van der Waals surface area contributed by atoms with Crippen LogP contribution in [0.2, 0.25) is 0 Å². The summed E-state index contributed by atoms with van der Waals surface area (Å²) in [5.41, 5.74) is 5.24. The Bertz CT molecular complexity index is 866. The molecule has 0 unspecified atom stereocenters. The first kappa shape index (κ1) is 15.6. The van der Waals surface area contributed by atoms with Gasteiger partial charge in [0.25, 0.3) is 0 Å². The molecule has 0 spiro atoms. The number of nitrogens with one attached hydrogen (secondary N) is 2. The predicted octanol–water partition coefficient (Wildman–Crippen LogP) is 4.02. The van der Waals surface area contributed by atoms with Gasteiger partial charge >= 0.3 is 0 Å². The molecule has 0 saturated heterocycles. The quantitative estimate of drug-likeness (QED) is 0.889. The Morgan fingerprint density at radius 3 is 2.64 bits per heavy atom. The summed E-state index contributed by atoms with van der Waals surface area (Å²) in [6.45, 7) is 2.09. The second-order valence-electron chi connectivity index (χ2n) is 6.64. The zero-order chi connectivity index (χ0) is 17.2. The number of hydrogen-bond acceptors (Lipinski definition) is 2. The number of hydrogen-bond donors (Lipinski definition) is 2. The lowest BCUT2D eigenvalue weighted by atomic mass is 9.97.